The second kappa shape index (κ2) is 8.42. The van der Waals surface area contributed by atoms with Crippen LogP contribution in [0.5, 0.6) is 0 Å². The quantitative estimate of drug-likeness (QED) is 0.440. The van der Waals surface area contributed by atoms with Crippen molar-refractivity contribution in [3.63, 3.8) is 0 Å². The zero-order chi connectivity index (χ0) is 15.2. The maximum Gasteiger partial charge on any atom is 0.251 e. The number of amides is 1. The van der Waals surface area contributed by atoms with Crippen LogP contribution in [0.4, 0.5) is 0 Å². The fourth-order valence-electron chi connectivity index (χ4n) is 1.34. The molecule has 0 aliphatic rings. The van der Waals surface area contributed by atoms with Gasteiger partial charge >= 0.3 is 0 Å². The summed E-state index contributed by atoms with van der Waals surface area (Å²) in [6.45, 7) is 7.15. The van der Waals surface area contributed by atoms with Gasteiger partial charge in [0.05, 0.1) is 0 Å². The van der Waals surface area contributed by atoms with Gasteiger partial charge in [-0.2, -0.15) is 0 Å². The van der Waals surface area contributed by atoms with Crippen molar-refractivity contribution < 1.29 is 4.79 Å². The summed E-state index contributed by atoms with van der Waals surface area (Å²) in [5.41, 5.74) is 1.32. The summed E-state index contributed by atoms with van der Waals surface area (Å²) in [6, 6.07) is 7.06. The van der Waals surface area contributed by atoms with Crippen molar-refractivity contribution in [2.24, 2.45) is 0 Å². The predicted molar refractivity (Wildman–Crippen MR) is 93.0 cm³/mol. The SMILES string of the molecule is CC(C)(C)SSCCNC(=O)c1cccc(C(Cl)Cl)c1. The lowest BCUT2D eigenvalue weighted by atomic mass is 10.1. The van der Waals surface area contributed by atoms with E-state index in [-0.39, 0.29) is 10.7 Å². The molecule has 0 aromatic heterocycles. The molecule has 0 spiro atoms. The summed E-state index contributed by atoms with van der Waals surface area (Å²) in [6.07, 6.45) is 0. The smallest absolute Gasteiger partial charge is 0.251 e. The van der Waals surface area contributed by atoms with E-state index in [0.717, 1.165) is 11.3 Å². The van der Waals surface area contributed by atoms with E-state index in [9.17, 15) is 4.79 Å². The van der Waals surface area contributed by atoms with Crippen LogP contribution in [0.3, 0.4) is 0 Å². The van der Waals surface area contributed by atoms with Crippen molar-refractivity contribution in [1.29, 1.82) is 0 Å². The minimum Gasteiger partial charge on any atom is -0.351 e. The van der Waals surface area contributed by atoms with Gasteiger partial charge in [-0.05, 0) is 17.7 Å². The van der Waals surface area contributed by atoms with E-state index in [4.69, 9.17) is 23.2 Å². The maximum absolute atomic E-state index is 12.0. The first-order valence-electron chi connectivity index (χ1n) is 6.26. The number of hydrogen-bond donors (Lipinski definition) is 1. The Morgan fingerprint density at radius 1 is 1.35 bits per heavy atom. The molecule has 0 saturated heterocycles. The number of hydrogen-bond acceptors (Lipinski definition) is 3. The van der Waals surface area contributed by atoms with Crippen LogP contribution in [-0.2, 0) is 0 Å². The van der Waals surface area contributed by atoms with Gasteiger partial charge in [-0.25, -0.2) is 0 Å². The molecule has 0 saturated carbocycles. The average molecular weight is 352 g/mol. The number of benzene rings is 1. The number of carbonyl (C=O) groups is 1. The molecule has 1 aromatic carbocycles. The van der Waals surface area contributed by atoms with Gasteiger partial charge in [0.2, 0.25) is 0 Å². The summed E-state index contributed by atoms with van der Waals surface area (Å²) < 4.78 is 0.235. The zero-order valence-electron chi connectivity index (χ0n) is 11.8. The molecule has 0 heterocycles. The second-order valence-electron chi connectivity index (χ2n) is 5.20. The highest BCUT2D eigenvalue weighted by atomic mass is 35.5. The second-order valence-corrected chi connectivity index (χ2v) is 9.54. The molecule has 1 rings (SSSR count). The van der Waals surface area contributed by atoms with Gasteiger partial charge in [0.1, 0.15) is 4.84 Å². The molecule has 1 N–H and O–H groups in total. The largest absolute Gasteiger partial charge is 0.351 e. The van der Waals surface area contributed by atoms with Gasteiger partial charge in [-0.15, -0.1) is 23.2 Å². The molecule has 1 amide bonds. The fourth-order valence-corrected chi connectivity index (χ4v) is 3.80. The molecule has 1 aromatic rings. The topological polar surface area (TPSA) is 29.1 Å². The Morgan fingerprint density at radius 3 is 2.65 bits per heavy atom. The molecule has 0 aliphatic carbocycles. The van der Waals surface area contributed by atoms with Gasteiger partial charge in [-0.3, -0.25) is 4.79 Å². The number of alkyl halides is 2. The van der Waals surface area contributed by atoms with Crippen molar-refractivity contribution in [3.8, 4) is 0 Å². The number of nitrogens with one attached hydrogen (secondary N) is 1. The molecule has 0 atom stereocenters. The Kier molecular flexibility index (Phi) is 7.59. The third kappa shape index (κ3) is 7.11. The van der Waals surface area contributed by atoms with E-state index in [1.54, 1.807) is 35.1 Å². The minimum absolute atomic E-state index is 0.0952. The molecule has 0 unspecified atom stereocenters. The standard InChI is InChI=1S/C14H19Cl2NOS2/c1-14(2,3)20-19-8-7-17-13(18)11-6-4-5-10(9-11)12(15)16/h4-6,9,12H,7-8H2,1-3H3,(H,17,18). The average Bonchev–Trinajstić information content (AvgIpc) is 2.37. The molecule has 0 aliphatic heterocycles. The highest BCUT2D eigenvalue weighted by molar-refractivity contribution is 8.77. The van der Waals surface area contributed by atoms with Crippen molar-refractivity contribution in [2.45, 2.75) is 30.4 Å². The molecular weight excluding hydrogens is 333 g/mol. The van der Waals surface area contributed by atoms with Crippen LogP contribution < -0.4 is 5.32 Å². The molecule has 0 radical (unpaired) electrons. The van der Waals surface area contributed by atoms with Crippen LogP contribution in [0.25, 0.3) is 0 Å². The van der Waals surface area contributed by atoms with E-state index < -0.39 is 4.84 Å². The molecule has 6 heteroatoms. The van der Waals surface area contributed by atoms with Crippen LogP contribution in [-0.4, -0.2) is 23.0 Å². The van der Waals surface area contributed by atoms with E-state index in [2.05, 4.69) is 26.1 Å². The Morgan fingerprint density at radius 2 is 2.05 bits per heavy atom. The molecule has 20 heavy (non-hydrogen) atoms. The molecule has 112 valence electrons. The van der Waals surface area contributed by atoms with Crippen LogP contribution in [0.15, 0.2) is 24.3 Å². The Balaban J connectivity index is 2.38. The van der Waals surface area contributed by atoms with E-state index in [1.165, 1.54) is 0 Å². The van der Waals surface area contributed by atoms with E-state index in [1.807, 2.05) is 10.8 Å². The van der Waals surface area contributed by atoms with Crippen molar-refractivity contribution >= 4 is 50.7 Å². The van der Waals surface area contributed by atoms with Crippen molar-refractivity contribution in [3.05, 3.63) is 35.4 Å². The van der Waals surface area contributed by atoms with Crippen molar-refractivity contribution in [1.82, 2.24) is 5.32 Å². The Hall–Kier alpha value is -0.0300. The Bertz CT molecular complexity index is 447. The first kappa shape index (κ1) is 18.0. The van der Waals surface area contributed by atoms with Crippen LogP contribution >= 0.6 is 44.8 Å². The Labute approximate surface area is 138 Å². The van der Waals surface area contributed by atoms with Gasteiger partial charge in [-0.1, -0.05) is 54.5 Å². The third-order valence-electron chi connectivity index (χ3n) is 2.18. The predicted octanol–water partition coefficient (Wildman–Crippen LogP) is 5.07. The van der Waals surface area contributed by atoms with E-state index in [0.29, 0.717) is 12.1 Å². The third-order valence-corrected chi connectivity index (χ3v) is 6.03. The van der Waals surface area contributed by atoms with Crippen molar-refractivity contribution in [2.75, 3.05) is 12.3 Å². The summed E-state index contributed by atoms with van der Waals surface area (Å²) in [7, 11) is 3.58. The van der Waals surface area contributed by atoms with Crippen LogP contribution in [0.1, 0.15) is 41.5 Å². The van der Waals surface area contributed by atoms with Gasteiger partial charge in [0, 0.05) is 22.6 Å². The van der Waals surface area contributed by atoms with Gasteiger partial charge in [0.25, 0.3) is 5.91 Å². The lowest BCUT2D eigenvalue weighted by molar-refractivity contribution is 0.0956. The summed E-state index contributed by atoms with van der Waals surface area (Å²) in [5.74, 6) is 0.781. The molecule has 0 bridgehead atoms. The first-order valence-corrected chi connectivity index (χ1v) is 9.46. The summed E-state index contributed by atoms with van der Waals surface area (Å²) in [5, 5.41) is 2.89. The number of halogens is 2. The summed E-state index contributed by atoms with van der Waals surface area (Å²) >= 11 is 11.6. The first-order chi connectivity index (χ1) is 9.29. The zero-order valence-corrected chi connectivity index (χ0v) is 14.9. The summed E-state index contributed by atoms with van der Waals surface area (Å²) in [4.78, 5) is 11.4. The molecule has 2 nitrogen and oxygen atoms in total. The highest BCUT2D eigenvalue weighted by Gasteiger charge is 2.11. The van der Waals surface area contributed by atoms with E-state index >= 15 is 0 Å². The normalized spacial score (nSPS) is 11.7. The lowest BCUT2D eigenvalue weighted by Crippen LogP contribution is -2.25. The fraction of sp³-hybridized carbons (Fsp3) is 0.500. The molecular formula is C14H19Cl2NOS2. The molecule has 0 fully saturated rings. The van der Waals surface area contributed by atoms with Gasteiger partial charge in [0.15, 0.2) is 0 Å². The van der Waals surface area contributed by atoms with Crippen LogP contribution in [0.2, 0.25) is 0 Å². The highest BCUT2D eigenvalue weighted by Crippen LogP contribution is 2.34. The number of carbonyl (C=O) groups excluding carboxylic acids is 1. The maximum atomic E-state index is 12.0. The number of rotatable bonds is 6. The van der Waals surface area contributed by atoms with Gasteiger partial charge < -0.3 is 5.32 Å². The monoisotopic (exact) mass is 351 g/mol. The lowest BCUT2D eigenvalue weighted by Gasteiger charge is -2.16. The minimum atomic E-state index is -0.610. The van der Waals surface area contributed by atoms with Crippen LogP contribution in [0, 0.1) is 0 Å².